The van der Waals surface area contributed by atoms with Crippen LogP contribution in [0.4, 0.5) is 23.1 Å². The topological polar surface area (TPSA) is 67.3 Å². The van der Waals surface area contributed by atoms with Crippen LogP contribution in [0, 0.1) is 6.92 Å². The first-order valence-corrected chi connectivity index (χ1v) is 9.24. The van der Waals surface area contributed by atoms with E-state index in [1.54, 1.807) is 12.1 Å². The van der Waals surface area contributed by atoms with Crippen molar-refractivity contribution in [1.29, 1.82) is 0 Å². The second-order valence-corrected chi connectivity index (χ2v) is 6.91. The molecule has 0 amide bonds. The lowest BCUT2D eigenvalue weighted by atomic mass is 10.1. The average Bonchev–Trinajstić information content (AvgIpc) is 3.03. The maximum atomic E-state index is 12.0. The van der Waals surface area contributed by atoms with Gasteiger partial charge in [-0.1, -0.05) is 30.3 Å². The summed E-state index contributed by atoms with van der Waals surface area (Å²) < 4.78 is 4.88. The highest BCUT2D eigenvalue weighted by molar-refractivity contribution is 5.96. The molecule has 6 heteroatoms. The molecule has 2 aromatic carbocycles. The van der Waals surface area contributed by atoms with Crippen LogP contribution in [0.3, 0.4) is 0 Å². The molecule has 0 saturated carbocycles. The molecule has 0 fully saturated rings. The molecule has 6 nitrogen and oxygen atoms in total. The number of nitrogens with zero attached hydrogens (tertiary/aromatic N) is 3. The molecule has 0 radical (unpaired) electrons. The minimum Gasteiger partial charge on any atom is -0.465 e. The lowest BCUT2D eigenvalue weighted by molar-refractivity contribution is 0.0602. The summed E-state index contributed by atoms with van der Waals surface area (Å²) in [5, 5.41) is 3.25. The highest BCUT2D eigenvalue weighted by Gasteiger charge is 2.29. The number of para-hydroxylation sites is 2. The summed E-state index contributed by atoms with van der Waals surface area (Å²) in [6.45, 7) is 4.11. The molecule has 1 N–H and O–H groups in total. The summed E-state index contributed by atoms with van der Waals surface area (Å²) in [4.78, 5) is 23.6. The van der Waals surface area contributed by atoms with E-state index in [0.717, 1.165) is 17.8 Å². The standard InChI is InChI=1S/C22H22N4O2/c1-14-12-20(24-18-10-6-5-9-17(18)21(27)28-3)25-22(23-14)26-15(2)13-16-8-4-7-11-19(16)26/h4-12,15H,13H2,1-3H3,(H,23,24,25). The maximum absolute atomic E-state index is 12.0. The van der Waals surface area contributed by atoms with Gasteiger partial charge in [0.05, 0.1) is 18.4 Å². The van der Waals surface area contributed by atoms with Crippen LogP contribution in [-0.2, 0) is 11.2 Å². The van der Waals surface area contributed by atoms with E-state index >= 15 is 0 Å². The SMILES string of the molecule is COC(=O)c1ccccc1Nc1cc(C)nc(N2c3ccccc3CC2C)n1. The number of carbonyl (C=O) groups is 1. The van der Waals surface area contributed by atoms with Gasteiger partial charge in [-0.15, -0.1) is 0 Å². The number of esters is 1. The van der Waals surface area contributed by atoms with Crippen LogP contribution in [0.1, 0.15) is 28.5 Å². The third kappa shape index (κ3) is 3.29. The zero-order valence-electron chi connectivity index (χ0n) is 16.1. The Hall–Kier alpha value is -3.41. The van der Waals surface area contributed by atoms with Gasteiger partial charge >= 0.3 is 5.97 Å². The number of fused-ring (bicyclic) bond motifs is 1. The predicted octanol–water partition coefficient (Wildman–Crippen LogP) is 4.40. The van der Waals surface area contributed by atoms with E-state index in [1.165, 1.54) is 12.7 Å². The predicted molar refractivity (Wildman–Crippen MR) is 110 cm³/mol. The van der Waals surface area contributed by atoms with Crippen LogP contribution in [0.15, 0.2) is 54.6 Å². The fourth-order valence-electron chi connectivity index (χ4n) is 3.61. The van der Waals surface area contributed by atoms with E-state index in [0.29, 0.717) is 23.0 Å². The highest BCUT2D eigenvalue weighted by Crippen LogP contribution is 2.37. The molecule has 28 heavy (non-hydrogen) atoms. The molecule has 1 atom stereocenters. The van der Waals surface area contributed by atoms with Crippen molar-refractivity contribution in [2.24, 2.45) is 0 Å². The van der Waals surface area contributed by atoms with Gasteiger partial charge in [0.15, 0.2) is 0 Å². The number of hydrogen-bond acceptors (Lipinski definition) is 6. The second-order valence-electron chi connectivity index (χ2n) is 6.91. The van der Waals surface area contributed by atoms with Crippen molar-refractivity contribution >= 4 is 29.1 Å². The Morgan fingerprint density at radius 2 is 1.89 bits per heavy atom. The monoisotopic (exact) mass is 374 g/mol. The Bertz CT molecular complexity index is 1030. The van der Waals surface area contributed by atoms with Gasteiger partial charge < -0.3 is 15.0 Å². The van der Waals surface area contributed by atoms with Crippen molar-refractivity contribution < 1.29 is 9.53 Å². The van der Waals surface area contributed by atoms with E-state index in [9.17, 15) is 4.79 Å². The average molecular weight is 374 g/mol. The normalized spacial score (nSPS) is 15.2. The van der Waals surface area contributed by atoms with Crippen molar-refractivity contribution in [2.45, 2.75) is 26.3 Å². The molecule has 1 aromatic heterocycles. The number of nitrogens with one attached hydrogen (secondary N) is 1. The van der Waals surface area contributed by atoms with E-state index in [4.69, 9.17) is 9.72 Å². The van der Waals surface area contributed by atoms with E-state index in [2.05, 4.69) is 40.3 Å². The number of benzene rings is 2. The summed E-state index contributed by atoms with van der Waals surface area (Å²) in [5.41, 5.74) is 4.39. The summed E-state index contributed by atoms with van der Waals surface area (Å²) >= 11 is 0. The third-order valence-corrected chi connectivity index (χ3v) is 4.86. The molecule has 4 rings (SSSR count). The van der Waals surface area contributed by atoms with Crippen molar-refractivity contribution in [3.05, 3.63) is 71.4 Å². The van der Waals surface area contributed by atoms with Crippen molar-refractivity contribution in [2.75, 3.05) is 17.3 Å². The molecule has 1 unspecified atom stereocenters. The summed E-state index contributed by atoms with van der Waals surface area (Å²) in [5.74, 6) is 0.891. The minimum atomic E-state index is -0.392. The molecule has 1 aliphatic rings. The molecule has 3 aromatic rings. The van der Waals surface area contributed by atoms with Crippen LogP contribution >= 0.6 is 0 Å². The van der Waals surface area contributed by atoms with Crippen molar-refractivity contribution in [3.8, 4) is 0 Å². The zero-order chi connectivity index (χ0) is 19.7. The Morgan fingerprint density at radius 3 is 2.71 bits per heavy atom. The molecular weight excluding hydrogens is 352 g/mol. The number of carbonyl (C=O) groups excluding carboxylic acids is 1. The Balaban J connectivity index is 1.71. The molecule has 0 aliphatic carbocycles. The number of aromatic nitrogens is 2. The van der Waals surface area contributed by atoms with Gasteiger partial charge in [0.25, 0.3) is 0 Å². The van der Waals surface area contributed by atoms with Crippen LogP contribution in [-0.4, -0.2) is 29.1 Å². The van der Waals surface area contributed by atoms with E-state index < -0.39 is 5.97 Å². The van der Waals surface area contributed by atoms with Crippen LogP contribution in [0.2, 0.25) is 0 Å². The maximum Gasteiger partial charge on any atom is 0.339 e. The Kier molecular flexibility index (Phi) is 4.69. The van der Waals surface area contributed by atoms with Crippen LogP contribution in [0.5, 0.6) is 0 Å². The quantitative estimate of drug-likeness (QED) is 0.683. The highest BCUT2D eigenvalue weighted by atomic mass is 16.5. The van der Waals surface area contributed by atoms with Crippen LogP contribution < -0.4 is 10.2 Å². The molecule has 142 valence electrons. The number of hydrogen-bond donors (Lipinski definition) is 1. The van der Waals surface area contributed by atoms with Crippen LogP contribution in [0.25, 0.3) is 0 Å². The number of anilines is 4. The largest absolute Gasteiger partial charge is 0.465 e. The third-order valence-electron chi connectivity index (χ3n) is 4.86. The first kappa shape index (κ1) is 18.0. The van der Waals surface area contributed by atoms with Gasteiger partial charge in [-0.25, -0.2) is 9.78 Å². The summed E-state index contributed by atoms with van der Waals surface area (Å²) in [7, 11) is 1.37. The number of rotatable bonds is 4. The molecule has 0 bridgehead atoms. The Labute approximate surface area is 164 Å². The minimum absolute atomic E-state index is 0.273. The lowest BCUT2D eigenvalue weighted by Crippen LogP contribution is -2.26. The van der Waals surface area contributed by atoms with E-state index in [1.807, 2.05) is 31.2 Å². The second kappa shape index (κ2) is 7.31. The Morgan fingerprint density at radius 1 is 1.14 bits per heavy atom. The molecule has 2 heterocycles. The van der Waals surface area contributed by atoms with Gasteiger partial charge in [-0.3, -0.25) is 0 Å². The first-order chi connectivity index (χ1) is 13.6. The van der Waals surface area contributed by atoms with Gasteiger partial charge in [-0.05, 0) is 44.0 Å². The van der Waals surface area contributed by atoms with E-state index in [-0.39, 0.29) is 6.04 Å². The van der Waals surface area contributed by atoms with Gasteiger partial charge in [0.2, 0.25) is 5.95 Å². The zero-order valence-corrected chi connectivity index (χ0v) is 16.1. The first-order valence-electron chi connectivity index (χ1n) is 9.24. The van der Waals surface area contributed by atoms with Gasteiger partial charge in [-0.2, -0.15) is 4.98 Å². The number of methoxy groups -OCH3 is 1. The summed E-state index contributed by atoms with van der Waals surface area (Å²) in [6, 6.07) is 17.7. The lowest BCUT2D eigenvalue weighted by Gasteiger charge is -2.23. The molecule has 1 aliphatic heterocycles. The number of aryl methyl sites for hydroxylation is 1. The smallest absolute Gasteiger partial charge is 0.339 e. The molecular formula is C22H22N4O2. The van der Waals surface area contributed by atoms with Crippen molar-refractivity contribution in [1.82, 2.24) is 9.97 Å². The van der Waals surface area contributed by atoms with Crippen molar-refractivity contribution in [3.63, 3.8) is 0 Å². The van der Waals surface area contributed by atoms with Gasteiger partial charge in [0.1, 0.15) is 5.82 Å². The van der Waals surface area contributed by atoms with Gasteiger partial charge in [0, 0.05) is 23.5 Å². The number of ether oxygens (including phenoxy) is 1. The fraction of sp³-hybridized carbons (Fsp3) is 0.227. The molecule has 0 saturated heterocycles. The fourth-order valence-corrected chi connectivity index (χ4v) is 3.61. The molecule has 0 spiro atoms. The summed E-state index contributed by atoms with van der Waals surface area (Å²) in [6.07, 6.45) is 0.960.